The second-order valence-electron chi connectivity index (χ2n) is 4.59. The van der Waals surface area contributed by atoms with Gasteiger partial charge in [0.15, 0.2) is 0 Å². The maximum absolute atomic E-state index is 13.0. The summed E-state index contributed by atoms with van der Waals surface area (Å²) in [6.45, 7) is 0.553. The number of rotatable bonds is 3. The van der Waals surface area contributed by atoms with Crippen LogP contribution in [0.5, 0.6) is 0 Å². The zero-order valence-corrected chi connectivity index (χ0v) is 12.6. The minimum Gasteiger partial charge on any atom is -0.384 e. The summed E-state index contributed by atoms with van der Waals surface area (Å²) in [6, 6.07) is 10.1. The topological polar surface area (TPSA) is 56.7 Å². The molecule has 2 N–H and O–H groups in total. The van der Waals surface area contributed by atoms with Gasteiger partial charge in [0.25, 0.3) is 0 Å². The van der Waals surface area contributed by atoms with E-state index in [1.807, 2.05) is 10.7 Å². The van der Waals surface area contributed by atoms with Crippen LogP contribution in [0.3, 0.4) is 0 Å². The third-order valence-electron chi connectivity index (χ3n) is 3.11. The smallest absolute Gasteiger partial charge is 0.124 e. The Morgan fingerprint density at radius 3 is 2.71 bits per heavy atom. The molecule has 0 radical (unpaired) electrons. The summed E-state index contributed by atoms with van der Waals surface area (Å²) < 4.78 is 15.6. The van der Waals surface area contributed by atoms with E-state index < -0.39 is 0 Å². The van der Waals surface area contributed by atoms with Crippen molar-refractivity contribution < 1.29 is 4.39 Å². The number of halogens is 2. The molecule has 2 heterocycles. The molecule has 0 amide bonds. The van der Waals surface area contributed by atoms with Crippen LogP contribution in [0, 0.1) is 5.82 Å². The van der Waals surface area contributed by atoms with Gasteiger partial charge in [0.2, 0.25) is 0 Å². The van der Waals surface area contributed by atoms with Crippen molar-refractivity contribution >= 4 is 21.7 Å². The number of hydrogen-bond acceptors (Lipinski definition) is 3. The largest absolute Gasteiger partial charge is 0.384 e. The van der Waals surface area contributed by atoms with Crippen LogP contribution >= 0.6 is 15.9 Å². The van der Waals surface area contributed by atoms with Crippen LogP contribution in [-0.4, -0.2) is 14.8 Å². The lowest BCUT2D eigenvalue weighted by Gasteiger charge is -2.10. The summed E-state index contributed by atoms with van der Waals surface area (Å²) >= 11 is 3.47. The number of aromatic nitrogens is 3. The van der Waals surface area contributed by atoms with E-state index in [1.165, 1.54) is 12.1 Å². The Morgan fingerprint density at radius 1 is 1.19 bits per heavy atom. The molecule has 0 unspecified atom stereocenters. The molecule has 0 atom stereocenters. The lowest BCUT2D eigenvalue weighted by atomic mass is 10.1. The Hall–Kier alpha value is -2.21. The summed E-state index contributed by atoms with van der Waals surface area (Å²) in [4.78, 5) is 4.03. The quantitative estimate of drug-likeness (QED) is 0.789. The summed E-state index contributed by atoms with van der Waals surface area (Å²) in [5.41, 5.74) is 8.56. The molecule has 0 bridgehead atoms. The summed E-state index contributed by atoms with van der Waals surface area (Å²) in [5, 5.41) is 4.32. The molecular weight excluding hydrogens is 335 g/mol. The van der Waals surface area contributed by atoms with Crippen LogP contribution < -0.4 is 5.73 Å². The van der Waals surface area contributed by atoms with Crippen molar-refractivity contribution in [3.8, 4) is 11.3 Å². The number of anilines is 1. The lowest BCUT2D eigenvalue weighted by molar-refractivity contribution is 0.624. The van der Waals surface area contributed by atoms with Crippen molar-refractivity contribution in [1.29, 1.82) is 0 Å². The molecule has 0 aliphatic carbocycles. The van der Waals surface area contributed by atoms with E-state index >= 15 is 0 Å². The van der Waals surface area contributed by atoms with Crippen molar-refractivity contribution in [2.75, 3.05) is 5.73 Å². The SMILES string of the molecule is Nc1cc(-c2ccnn2Cc2ccc(F)cc2)c(Br)cn1. The molecule has 3 aromatic rings. The monoisotopic (exact) mass is 346 g/mol. The van der Waals surface area contributed by atoms with Gasteiger partial charge in [-0.2, -0.15) is 5.10 Å². The highest BCUT2D eigenvalue weighted by Crippen LogP contribution is 2.29. The average molecular weight is 347 g/mol. The van der Waals surface area contributed by atoms with E-state index in [-0.39, 0.29) is 5.82 Å². The molecule has 0 spiro atoms. The predicted molar refractivity (Wildman–Crippen MR) is 83.1 cm³/mol. The fourth-order valence-electron chi connectivity index (χ4n) is 2.10. The first-order chi connectivity index (χ1) is 10.1. The van der Waals surface area contributed by atoms with Crippen LogP contribution in [0.1, 0.15) is 5.56 Å². The first kappa shape index (κ1) is 13.8. The number of nitrogens with zero attached hydrogens (tertiary/aromatic N) is 3. The van der Waals surface area contributed by atoms with Crippen LogP contribution in [0.4, 0.5) is 10.2 Å². The van der Waals surface area contributed by atoms with Gasteiger partial charge >= 0.3 is 0 Å². The van der Waals surface area contributed by atoms with Crippen molar-refractivity contribution in [2.24, 2.45) is 0 Å². The van der Waals surface area contributed by atoms with Gasteiger partial charge in [0.05, 0.1) is 12.2 Å². The van der Waals surface area contributed by atoms with E-state index in [0.717, 1.165) is 21.3 Å². The van der Waals surface area contributed by atoms with Crippen LogP contribution in [0.15, 0.2) is 53.3 Å². The summed E-state index contributed by atoms with van der Waals surface area (Å²) in [5.74, 6) is 0.201. The normalized spacial score (nSPS) is 10.8. The first-order valence-electron chi connectivity index (χ1n) is 6.31. The molecule has 0 fully saturated rings. The van der Waals surface area contributed by atoms with Gasteiger partial charge in [-0.1, -0.05) is 12.1 Å². The number of pyridine rings is 1. The Balaban J connectivity index is 1.97. The van der Waals surface area contributed by atoms with Crippen molar-refractivity contribution in [2.45, 2.75) is 6.54 Å². The second kappa shape index (κ2) is 5.65. The Morgan fingerprint density at radius 2 is 1.95 bits per heavy atom. The Kier molecular flexibility index (Phi) is 3.70. The molecule has 0 aliphatic rings. The third kappa shape index (κ3) is 2.95. The summed E-state index contributed by atoms with van der Waals surface area (Å²) in [6.07, 6.45) is 3.39. The molecule has 2 aromatic heterocycles. The second-order valence-corrected chi connectivity index (χ2v) is 5.44. The molecular formula is C15H12BrFN4. The molecule has 0 saturated carbocycles. The van der Waals surface area contributed by atoms with Gasteiger partial charge in [-0.25, -0.2) is 9.37 Å². The van der Waals surface area contributed by atoms with Gasteiger partial charge in [0.1, 0.15) is 11.6 Å². The van der Waals surface area contributed by atoms with Gasteiger partial charge in [-0.3, -0.25) is 4.68 Å². The number of hydrogen-bond donors (Lipinski definition) is 1. The van der Waals surface area contributed by atoms with Gasteiger partial charge in [-0.15, -0.1) is 0 Å². The van der Waals surface area contributed by atoms with Crippen LogP contribution in [-0.2, 0) is 6.54 Å². The first-order valence-corrected chi connectivity index (χ1v) is 7.10. The number of benzene rings is 1. The fraction of sp³-hybridized carbons (Fsp3) is 0.0667. The highest BCUT2D eigenvalue weighted by molar-refractivity contribution is 9.10. The third-order valence-corrected chi connectivity index (χ3v) is 3.75. The van der Waals surface area contributed by atoms with Gasteiger partial charge in [-0.05, 0) is 45.8 Å². The average Bonchev–Trinajstić information content (AvgIpc) is 2.92. The zero-order valence-electron chi connectivity index (χ0n) is 11.0. The molecule has 0 saturated heterocycles. The maximum Gasteiger partial charge on any atom is 0.124 e. The van der Waals surface area contributed by atoms with Crippen molar-refractivity contribution in [3.05, 3.63) is 64.6 Å². The number of nitrogen functional groups attached to an aromatic ring is 1. The van der Waals surface area contributed by atoms with E-state index in [2.05, 4.69) is 26.0 Å². The van der Waals surface area contributed by atoms with Crippen molar-refractivity contribution in [3.63, 3.8) is 0 Å². The fourth-order valence-corrected chi connectivity index (χ4v) is 2.52. The molecule has 6 heteroatoms. The standard InChI is InChI=1S/C15H12BrFN4/c16-13-8-19-15(18)7-12(13)14-5-6-20-21(14)9-10-1-3-11(17)4-2-10/h1-8H,9H2,(H2,18,19). The lowest BCUT2D eigenvalue weighted by Crippen LogP contribution is -2.04. The van der Waals surface area contributed by atoms with E-state index in [1.54, 1.807) is 30.6 Å². The minimum atomic E-state index is -0.246. The number of nitrogens with two attached hydrogens (primary N) is 1. The Bertz CT molecular complexity index is 768. The molecule has 106 valence electrons. The highest BCUT2D eigenvalue weighted by Gasteiger charge is 2.10. The maximum atomic E-state index is 13.0. The Labute approximate surface area is 129 Å². The minimum absolute atomic E-state index is 0.246. The van der Waals surface area contributed by atoms with E-state index in [0.29, 0.717) is 12.4 Å². The van der Waals surface area contributed by atoms with E-state index in [9.17, 15) is 4.39 Å². The van der Waals surface area contributed by atoms with Crippen molar-refractivity contribution in [1.82, 2.24) is 14.8 Å². The molecule has 0 aliphatic heterocycles. The zero-order chi connectivity index (χ0) is 14.8. The summed E-state index contributed by atoms with van der Waals surface area (Å²) in [7, 11) is 0. The molecule has 21 heavy (non-hydrogen) atoms. The predicted octanol–water partition coefficient (Wildman–Crippen LogP) is 3.48. The van der Waals surface area contributed by atoms with Crippen LogP contribution in [0.2, 0.25) is 0 Å². The van der Waals surface area contributed by atoms with Gasteiger partial charge < -0.3 is 5.73 Å². The van der Waals surface area contributed by atoms with E-state index in [4.69, 9.17) is 5.73 Å². The van der Waals surface area contributed by atoms with Crippen LogP contribution in [0.25, 0.3) is 11.3 Å². The van der Waals surface area contributed by atoms with Gasteiger partial charge in [0, 0.05) is 22.4 Å². The molecule has 4 nitrogen and oxygen atoms in total. The molecule has 1 aromatic carbocycles. The highest BCUT2D eigenvalue weighted by atomic mass is 79.9. The molecule has 3 rings (SSSR count).